The monoisotopic (exact) mass is 357 g/mol. The fourth-order valence-corrected chi connectivity index (χ4v) is 2.14. The van der Waals surface area contributed by atoms with Gasteiger partial charge in [0, 0.05) is 15.7 Å². The normalized spacial score (nSPS) is 12.5. The van der Waals surface area contributed by atoms with E-state index in [0.29, 0.717) is 17.0 Å². The maximum absolute atomic E-state index is 12.5. The van der Waals surface area contributed by atoms with Gasteiger partial charge in [0.15, 0.2) is 0 Å². The lowest BCUT2D eigenvalue weighted by molar-refractivity contribution is -0.137. The van der Waals surface area contributed by atoms with E-state index >= 15 is 0 Å². The van der Waals surface area contributed by atoms with Crippen LogP contribution in [-0.4, -0.2) is 10.8 Å². The number of hydrogen-bond donors (Lipinski definition) is 1. The Balaban J connectivity index is 2.33. The molecule has 6 heteroatoms. The molecule has 0 atom stereocenters. The molecule has 0 radical (unpaired) electrons. The zero-order valence-corrected chi connectivity index (χ0v) is 12.5. The van der Waals surface area contributed by atoms with Crippen LogP contribution in [0.15, 0.2) is 51.9 Å². The van der Waals surface area contributed by atoms with Gasteiger partial charge >= 0.3 is 6.18 Å². The van der Waals surface area contributed by atoms with E-state index in [9.17, 15) is 18.3 Å². The second-order valence-electron chi connectivity index (χ2n) is 4.40. The average molecular weight is 358 g/mol. The zero-order chi connectivity index (χ0) is 15.6. The molecule has 0 heterocycles. The van der Waals surface area contributed by atoms with Gasteiger partial charge in [-0.05, 0) is 49.4 Å². The van der Waals surface area contributed by atoms with Gasteiger partial charge in [0.25, 0.3) is 0 Å². The molecule has 0 unspecified atom stereocenters. The second kappa shape index (κ2) is 5.89. The number of benzene rings is 2. The smallest absolute Gasteiger partial charge is 0.416 e. The number of rotatable bonds is 2. The van der Waals surface area contributed by atoms with E-state index in [0.717, 1.165) is 16.6 Å². The molecule has 0 aliphatic carbocycles. The van der Waals surface area contributed by atoms with Crippen molar-refractivity contribution in [3.8, 4) is 5.75 Å². The van der Waals surface area contributed by atoms with Gasteiger partial charge in [-0.15, -0.1) is 0 Å². The Morgan fingerprint density at radius 2 is 1.71 bits per heavy atom. The third-order valence-electron chi connectivity index (χ3n) is 2.84. The predicted molar refractivity (Wildman–Crippen MR) is 79.1 cm³/mol. The van der Waals surface area contributed by atoms with Crippen LogP contribution < -0.4 is 0 Å². The summed E-state index contributed by atoms with van der Waals surface area (Å²) in [7, 11) is 0. The van der Waals surface area contributed by atoms with Crippen molar-refractivity contribution in [1.82, 2.24) is 0 Å². The maximum atomic E-state index is 12.5. The molecule has 110 valence electrons. The first-order valence-electron chi connectivity index (χ1n) is 5.99. The van der Waals surface area contributed by atoms with Gasteiger partial charge in [0.2, 0.25) is 0 Å². The van der Waals surface area contributed by atoms with Crippen molar-refractivity contribution < 1.29 is 18.3 Å². The van der Waals surface area contributed by atoms with Crippen molar-refractivity contribution in [2.75, 3.05) is 0 Å². The number of nitrogens with zero attached hydrogens (tertiary/aromatic N) is 1. The highest BCUT2D eigenvalue weighted by atomic mass is 79.9. The molecule has 0 amide bonds. The highest BCUT2D eigenvalue weighted by Crippen LogP contribution is 2.31. The Hall–Kier alpha value is -1.82. The summed E-state index contributed by atoms with van der Waals surface area (Å²) in [6.45, 7) is 1.68. The Kier molecular flexibility index (Phi) is 4.37. The third kappa shape index (κ3) is 3.85. The van der Waals surface area contributed by atoms with E-state index in [1.54, 1.807) is 19.1 Å². The first-order valence-corrected chi connectivity index (χ1v) is 6.78. The minimum Gasteiger partial charge on any atom is -0.507 e. The molecular formula is C15H11BrF3NO. The molecule has 21 heavy (non-hydrogen) atoms. The van der Waals surface area contributed by atoms with Crippen molar-refractivity contribution in [2.45, 2.75) is 13.1 Å². The second-order valence-corrected chi connectivity index (χ2v) is 5.32. The lowest BCUT2D eigenvalue weighted by Crippen LogP contribution is -2.03. The van der Waals surface area contributed by atoms with Gasteiger partial charge in [0.05, 0.1) is 11.3 Å². The molecule has 0 fully saturated rings. The first-order chi connectivity index (χ1) is 9.77. The van der Waals surface area contributed by atoms with Crippen molar-refractivity contribution in [3.63, 3.8) is 0 Å². The molecule has 0 aliphatic heterocycles. The van der Waals surface area contributed by atoms with Gasteiger partial charge in [0.1, 0.15) is 5.75 Å². The minimum absolute atomic E-state index is 0.0614. The van der Waals surface area contributed by atoms with Crippen molar-refractivity contribution in [2.24, 2.45) is 4.99 Å². The standard InChI is InChI=1S/C15H11BrF3NO/c1-9(13-8-11(16)4-7-14(13)21)20-12-5-2-10(3-6-12)15(17,18)19/h2-8,21H,1H3/b20-9+. The third-order valence-corrected chi connectivity index (χ3v) is 3.33. The van der Waals surface area contributed by atoms with Crippen molar-refractivity contribution >= 4 is 27.3 Å². The van der Waals surface area contributed by atoms with Gasteiger partial charge < -0.3 is 5.11 Å². The molecule has 2 nitrogen and oxygen atoms in total. The van der Waals surface area contributed by atoms with Crippen LogP contribution in [0, 0.1) is 0 Å². The van der Waals surface area contributed by atoms with E-state index in [2.05, 4.69) is 20.9 Å². The summed E-state index contributed by atoms with van der Waals surface area (Å²) in [5, 5.41) is 9.78. The van der Waals surface area contributed by atoms with E-state index < -0.39 is 11.7 Å². The van der Waals surface area contributed by atoms with Crippen LogP contribution in [0.2, 0.25) is 0 Å². The lowest BCUT2D eigenvalue weighted by atomic mass is 10.1. The quantitative estimate of drug-likeness (QED) is 0.725. The summed E-state index contributed by atoms with van der Waals surface area (Å²) in [6, 6.07) is 9.44. The molecule has 0 bridgehead atoms. The minimum atomic E-state index is -4.36. The van der Waals surface area contributed by atoms with Crippen LogP contribution >= 0.6 is 15.9 Å². The number of phenols is 1. The molecule has 0 saturated carbocycles. The molecule has 2 aromatic carbocycles. The van der Waals surface area contributed by atoms with Gasteiger partial charge in [-0.1, -0.05) is 15.9 Å². The van der Waals surface area contributed by atoms with Gasteiger partial charge in [-0.2, -0.15) is 13.2 Å². The van der Waals surface area contributed by atoms with Gasteiger partial charge in [-0.3, -0.25) is 4.99 Å². The summed E-state index contributed by atoms with van der Waals surface area (Å²) in [5.41, 5.74) is 0.696. The average Bonchev–Trinajstić information content (AvgIpc) is 2.41. The fourth-order valence-electron chi connectivity index (χ4n) is 1.78. The number of aromatic hydroxyl groups is 1. The topological polar surface area (TPSA) is 32.6 Å². The molecule has 2 rings (SSSR count). The van der Waals surface area contributed by atoms with E-state index in [4.69, 9.17) is 0 Å². The highest BCUT2D eigenvalue weighted by Gasteiger charge is 2.29. The molecule has 0 spiro atoms. The zero-order valence-electron chi connectivity index (χ0n) is 10.9. The molecule has 0 saturated heterocycles. The van der Waals surface area contributed by atoms with E-state index in [1.165, 1.54) is 18.2 Å². The van der Waals surface area contributed by atoms with Gasteiger partial charge in [-0.25, -0.2) is 0 Å². The summed E-state index contributed by atoms with van der Waals surface area (Å²) < 4.78 is 38.2. The Morgan fingerprint density at radius 3 is 2.29 bits per heavy atom. The van der Waals surface area contributed by atoms with Crippen molar-refractivity contribution in [3.05, 3.63) is 58.1 Å². The molecular weight excluding hydrogens is 347 g/mol. The first kappa shape index (κ1) is 15.6. The van der Waals surface area contributed by atoms with Crippen LogP contribution in [-0.2, 0) is 6.18 Å². The van der Waals surface area contributed by atoms with E-state index in [-0.39, 0.29) is 5.75 Å². The largest absolute Gasteiger partial charge is 0.507 e. The molecule has 0 aliphatic rings. The Morgan fingerprint density at radius 1 is 1.10 bits per heavy atom. The number of aliphatic imine (C=N–C) groups is 1. The van der Waals surface area contributed by atoms with Crippen LogP contribution in [0.5, 0.6) is 5.75 Å². The molecule has 2 aromatic rings. The summed E-state index contributed by atoms with van der Waals surface area (Å²) in [5.74, 6) is 0.0614. The van der Waals surface area contributed by atoms with Crippen LogP contribution in [0.1, 0.15) is 18.1 Å². The molecule has 1 N–H and O–H groups in total. The predicted octanol–water partition coefficient (Wildman–Crippen LogP) is 5.31. The summed E-state index contributed by atoms with van der Waals surface area (Å²) >= 11 is 3.29. The molecule has 0 aromatic heterocycles. The number of hydrogen-bond acceptors (Lipinski definition) is 2. The SMILES string of the molecule is C/C(=N\c1ccc(C(F)(F)F)cc1)c1cc(Br)ccc1O. The lowest BCUT2D eigenvalue weighted by Gasteiger charge is -2.07. The van der Waals surface area contributed by atoms with Crippen LogP contribution in [0.25, 0.3) is 0 Å². The Labute approximate surface area is 128 Å². The number of halogens is 4. The summed E-state index contributed by atoms with van der Waals surface area (Å²) in [6.07, 6.45) is -4.36. The van der Waals surface area contributed by atoms with Crippen molar-refractivity contribution in [1.29, 1.82) is 0 Å². The number of phenolic OH excluding ortho intramolecular Hbond substituents is 1. The van der Waals surface area contributed by atoms with Crippen LogP contribution in [0.4, 0.5) is 18.9 Å². The van der Waals surface area contributed by atoms with Crippen LogP contribution in [0.3, 0.4) is 0 Å². The fraction of sp³-hybridized carbons (Fsp3) is 0.133. The van der Waals surface area contributed by atoms with E-state index in [1.807, 2.05) is 0 Å². The highest BCUT2D eigenvalue weighted by molar-refractivity contribution is 9.10. The summed E-state index contributed by atoms with van der Waals surface area (Å²) in [4.78, 5) is 4.22. The maximum Gasteiger partial charge on any atom is 0.416 e. The number of alkyl halides is 3. The Bertz CT molecular complexity index is 678.